The molecule has 112 valence electrons. The van der Waals surface area contributed by atoms with Crippen molar-refractivity contribution >= 4 is 5.91 Å². The van der Waals surface area contributed by atoms with Crippen LogP contribution in [0.1, 0.15) is 37.1 Å². The van der Waals surface area contributed by atoms with Gasteiger partial charge in [0.05, 0.1) is 17.7 Å². The number of aryl methyl sites for hydroxylation is 1. The topological polar surface area (TPSA) is 82.2 Å². The van der Waals surface area contributed by atoms with Crippen LogP contribution in [0.4, 0.5) is 0 Å². The molecule has 2 heterocycles. The lowest BCUT2D eigenvalue weighted by atomic mass is 9.79. The van der Waals surface area contributed by atoms with E-state index in [1.54, 1.807) is 6.20 Å². The Bertz CT molecular complexity index is 478. The van der Waals surface area contributed by atoms with Crippen LogP contribution < -0.4 is 11.1 Å². The fourth-order valence-electron chi connectivity index (χ4n) is 2.65. The molecule has 3 N–H and O–H groups in total. The number of hydrogen-bond acceptors (Lipinski definition) is 4. The van der Waals surface area contributed by atoms with Gasteiger partial charge in [-0.3, -0.25) is 9.48 Å². The molecule has 0 saturated carbocycles. The van der Waals surface area contributed by atoms with E-state index < -0.39 is 5.41 Å². The predicted molar refractivity (Wildman–Crippen MR) is 76.0 cm³/mol. The van der Waals surface area contributed by atoms with E-state index in [0.717, 1.165) is 11.3 Å². The molecule has 0 spiro atoms. The molecule has 1 amide bonds. The van der Waals surface area contributed by atoms with Gasteiger partial charge in [-0.05, 0) is 26.7 Å². The Morgan fingerprint density at radius 1 is 1.60 bits per heavy atom. The van der Waals surface area contributed by atoms with E-state index in [0.29, 0.717) is 32.6 Å². The summed E-state index contributed by atoms with van der Waals surface area (Å²) in [4.78, 5) is 12.6. The summed E-state index contributed by atoms with van der Waals surface area (Å²) in [7, 11) is 1.90. The lowest BCUT2D eigenvalue weighted by Crippen LogP contribution is -2.49. The molecule has 1 aromatic heterocycles. The SMILES string of the molecule is Cc1c(C(C)NC(=O)C2(CN)CCOCC2)cnn1C. The highest BCUT2D eigenvalue weighted by molar-refractivity contribution is 5.83. The van der Waals surface area contributed by atoms with Gasteiger partial charge in [0.25, 0.3) is 0 Å². The van der Waals surface area contributed by atoms with Crippen LogP contribution in [0, 0.1) is 12.3 Å². The van der Waals surface area contributed by atoms with Crippen LogP contribution in [0.15, 0.2) is 6.20 Å². The molecule has 0 bridgehead atoms. The molecule has 0 aromatic carbocycles. The van der Waals surface area contributed by atoms with E-state index >= 15 is 0 Å². The van der Waals surface area contributed by atoms with Crippen LogP contribution in [0.2, 0.25) is 0 Å². The average molecular weight is 280 g/mol. The normalized spacial score (nSPS) is 19.6. The van der Waals surface area contributed by atoms with Gasteiger partial charge in [-0.2, -0.15) is 5.10 Å². The molecule has 1 unspecified atom stereocenters. The molecule has 1 atom stereocenters. The number of rotatable bonds is 4. The minimum Gasteiger partial charge on any atom is -0.381 e. The van der Waals surface area contributed by atoms with Crippen LogP contribution in [0.25, 0.3) is 0 Å². The van der Waals surface area contributed by atoms with Crippen molar-refractivity contribution in [1.29, 1.82) is 0 Å². The monoisotopic (exact) mass is 280 g/mol. The van der Waals surface area contributed by atoms with E-state index in [1.165, 1.54) is 0 Å². The van der Waals surface area contributed by atoms with Crippen molar-refractivity contribution in [3.63, 3.8) is 0 Å². The summed E-state index contributed by atoms with van der Waals surface area (Å²) in [6.45, 7) is 5.54. The Morgan fingerprint density at radius 2 is 2.25 bits per heavy atom. The van der Waals surface area contributed by atoms with Gasteiger partial charge in [-0.1, -0.05) is 0 Å². The number of carbonyl (C=O) groups is 1. The second-order valence-corrected chi connectivity index (χ2v) is 5.60. The largest absolute Gasteiger partial charge is 0.381 e. The van der Waals surface area contributed by atoms with Gasteiger partial charge in [0.1, 0.15) is 0 Å². The number of nitrogens with two attached hydrogens (primary N) is 1. The fourth-order valence-corrected chi connectivity index (χ4v) is 2.65. The van der Waals surface area contributed by atoms with Crippen molar-refractivity contribution in [2.45, 2.75) is 32.7 Å². The third-order valence-corrected chi connectivity index (χ3v) is 4.41. The lowest BCUT2D eigenvalue weighted by Gasteiger charge is -2.35. The van der Waals surface area contributed by atoms with Gasteiger partial charge in [0.15, 0.2) is 0 Å². The van der Waals surface area contributed by atoms with Crippen molar-refractivity contribution < 1.29 is 9.53 Å². The maximum Gasteiger partial charge on any atom is 0.228 e. The molecule has 6 heteroatoms. The first-order valence-electron chi connectivity index (χ1n) is 7.07. The quantitative estimate of drug-likeness (QED) is 0.849. The first-order chi connectivity index (χ1) is 9.50. The average Bonchev–Trinajstić information content (AvgIpc) is 2.79. The highest BCUT2D eigenvalue weighted by Gasteiger charge is 2.39. The van der Waals surface area contributed by atoms with Crippen molar-refractivity contribution in [2.24, 2.45) is 18.2 Å². The standard InChI is InChI=1S/C14H24N4O2/c1-10(12-8-16-18(3)11(12)2)17-13(19)14(9-15)4-6-20-7-5-14/h8,10H,4-7,9,15H2,1-3H3,(H,17,19). The zero-order chi connectivity index (χ0) is 14.8. The summed E-state index contributed by atoms with van der Waals surface area (Å²) < 4.78 is 7.15. The number of ether oxygens (including phenoxy) is 1. The highest BCUT2D eigenvalue weighted by Crippen LogP contribution is 2.30. The smallest absolute Gasteiger partial charge is 0.228 e. The molecule has 1 saturated heterocycles. The van der Waals surface area contributed by atoms with Gasteiger partial charge >= 0.3 is 0 Å². The molecule has 1 aliphatic heterocycles. The zero-order valence-electron chi connectivity index (χ0n) is 12.5. The fraction of sp³-hybridized carbons (Fsp3) is 0.714. The molecule has 20 heavy (non-hydrogen) atoms. The molecule has 2 rings (SSSR count). The van der Waals surface area contributed by atoms with E-state index in [9.17, 15) is 4.79 Å². The predicted octanol–water partition coefficient (Wildman–Crippen LogP) is 0.661. The van der Waals surface area contributed by atoms with Crippen LogP contribution in [0.5, 0.6) is 0 Å². The van der Waals surface area contributed by atoms with Crippen LogP contribution in [-0.4, -0.2) is 35.4 Å². The zero-order valence-corrected chi connectivity index (χ0v) is 12.5. The van der Waals surface area contributed by atoms with E-state index in [4.69, 9.17) is 10.5 Å². The molecular formula is C14H24N4O2. The summed E-state index contributed by atoms with van der Waals surface area (Å²) >= 11 is 0. The minimum absolute atomic E-state index is 0.0269. The molecular weight excluding hydrogens is 256 g/mol. The highest BCUT2D eigenvalue weighted by atomic mass is 16.5. The molecule has 1 aromatic rings. The third-order valence-electron chi connectivity index (χ3n) is 4.41. The van der Waals surface area contributed by atoms with E-state index in [-0.39, 0.29) is 11.9 Å². The Kier molecular flexibility index (Phi) is 4.45. The van der Waals surface area contributed by atoms with E-state index in [2.05, 4.69) is 10.4 Å². The number of amides is 1. The number of carbonyl (C=O) groups excluding carboxylic acids is 1. The number of aromatic nitrogens is 2. The Labute approximate surface area is 119 Å². The first-order valence-corrected chi connectivity index (χ1v) is 7.07. The Hall–Kier alpha value is -1.40. The van der Waals surface area contributed by atoms with Crippen LogP contribution >= 0.6 is 0 Å². The van der Waals surface area contributed by atoms with Gasteiger partial charge in [-0.15, -0.1) is 0 Å². The summed E-state index contributed by atoms with van der Waals surface area (Å²) in [6.07, 6.45) is 3.18. The molecule has 0 radical (unpaired) electrons. The second kappa shape index (κ2) is 5.93. The van der Waals surface area contributed by atoms with Crippen molar-refractivity contribution in [2.75, 3.05) is 19.8 Å². The summed E-state index contributed by atoms with van der Waals surface area (Å²) in [5.41, 5.74) is 7.47. The Morgan fingerprint density at radius 3 is 2.75 bits per heavy atom. The maximum atomic E-state index is 12.6. The van der Waals surface area contributed by atoms with Gasteiger partial charge in [-0.25, -0.2) is 0 Å². The maximum absolute atomic E-state index is 12.6. The van der Waals surface area contributed by atoms with Crippen LogP contribution in [-0.2, 0) is 16.6 Å². The summed E-state index contributed by atoms with van der Waals surface area (Å²) in [5.74, 6) is 0.0269. The molecule has 0 aliphatic carbocycles. The first kappa shape index (κ1) is 15.0. The van der Waals surface area contributed by atoms with Gasteiger partial charge in [0.2, 0.25) is 5.91 Å². The van der Waals surface area contributed by atoms with E-state index in [1.807, 2.05) is 25.6 Å². The van der Waals surface area contributed by atoms with Crippen molar-refractivity contribution in [1.82, 2.24) is 15.1 Å². The number of nitrogens with zero attached hydrogens (tertiary/aromatic N) is 2. The lowest BCUT2D eigenvalue weighted by molar-refractivity contribution is -0.136. The molecule has 6 nitrogen and oxygen atoms in total. The number of hydrogen-bond donors (Lipinski definition) is 2. The molecule has 1 aliphatic rings. The van der Waals surface area contributed by atoms with Gasteiger partial charge < -0.3 is 15.8 Å². The second-order valence-electron chi connectivity index (χ2n) is 5.60. The van der Waals surface area contributed by atoms with Crippen molar-refractivity contribution in [3.8, 4) is 0 Å². The summed E-state index contributed by atoms with van der Waals surface area (Å²) in [5, 5.41) is 7.30. The number of nitrogens with one attached hydrogen (secondary N) is 1. The third kappa shape index (κ3) is 2.71. The minimum atomic E-state index is -0.484. The summed E-state index contributed by atoms with van der Waals surface area (Å²) in [6, 6.07) is -0.0672. The molecule has 1 fully saturated rings. The Balaban J connectivity index is 2.08. The van der Waals surface area contributed by atoms with Crippen LogP contribution in [0.3, 0.4) is 0 Å². The van der Waals surface area contributed by atoms with Gasteiger partial charge in [0, 0.05) is 38.1 Å². The van der Waals surface area contributed by atoms with Crippen molar-refractivity contribution in [3.05, 3.63) is 17.5 Å².